The molecular weight excluding hydrogens is 368 g/mol. The lowest BCUT2D eigenvalue weighted by Gasteiger charge is -2.11. The molecule has 0 amide bonds. The minimum absolute atomic E-state index is 0.0133. The van der Waals surface area contributed by atoms with Crippen molar-refractivity contribution in [3.05, 3.63) is 36.4 Å². The zero-order valence-corrected chi connectivity index (χ0v) is 14.4. The number of furan rings is 1. The van der Waals surface area contributed by atoms with Crippen molar-refractivity contribution in [1.29, 1.82) is 0 Å². The van der Waals surface area contributed by atoms with Crippen LogP contribution in [0.5, 0.6) is 34.5 Å². The Labute approximate surface area is 157 Å². The minimum Gasteiger partial charge on any atom is -0.504 e. The SMILES string of the molecule is CC(=O)Oc1ccc(-c2c(O)c(O)c3c(oc4cc(O)c(O)cc43)c2O)cc1. The lowest BCUT2D eigenvalue weighted by Crippen LogP contribution is -2.00. The van der Waals surface area contributed by atoms with Gasteiger partial charge in [0.1, 0.15) is 11.3 Å². The quantitative estimate of drug-likeness (QED) is 0.153. The maximum absolute atomic E-state index is 11.0. The van der Waals surface area contributed by atoms with Gasteiger partial charge in [0.05, 0.1) is 10.9 Å². The van der Waals surface area contributed by atoms with E-state index in [1.807, 2.05) is 0 Å². The first-order chi connectivity index (χ1) is 13.3. The first-order valence-corrected chi connectivity index (χ1v) is 8.11. The molecule has 0 spiro atoms. The highest BCUT2D eigenvalue weighted by atomic mass is 16.5. The van der Waals surface area contributed by atoms with Gasteiger partial charge in [0.25, 0.3) is 0 Å². The Bertz CT molecular complexity index is 1250. The zero-order valence-electron chi connectivity index (χ0n) is 14.4. The Morgan fingerprint density at radius 3 is 2.18 bits per heavy atom. The predicted molar refractivity (Wildman–Crippen MR) is 98.8 cm³/mol. The summed E-state index contributed by atoms with van der Waals surface area (Å²) in [5.41, 5.74) is 0.202. The monoisotopic (exact) mass is 382 g/mol. The van der Waals surface area contributed by atoms with Gasteiger partial charge in [0.2, 0.25) is 0 Å². The summed E-state index contributed by atoms with van der Waals surface area (Å²) in [7, 11) is 0. The Morgan fingerprint density at radius 2 is 1.54 bits per heavy atom. The average Bonchev–Trinajstić information content (AvgIpc) is 3.00. The summed E-state index contributed by atoms with van der Waals surface area (Å²) in [5, 5.41) is 51.2. The highest BCUT2D eigenvalue weighted by Crippen LogP contribution is 2.53. The molecule has 4 rings (SSSR count). The van der Waals surface area contributed by atoms with E-state index < -0.39 is 34.7 Å². The van der Waals surface area contributed by atoms with Gasteiger partial charge in [-0.1, -0.05) is 12.1 Å². The lowest BCUT2D eigenvalue weighted by atomic mass is 9.99. The van der Waals surface area contributed by atoms with E-state index in [-0.39, 0.29) is 33.3 Å². The van der Waals surface area contributed by atoms with Crippen molar-refractivity contribution in [2.75, 3.05) is 0 Å². The number of aromatic hydroxyl groups is 5. The Hall–Kier alpha value is -4.07. The smallest absolute Gasteiger partial charge is 0.308 e. The third kappa shape index (κ3) is 2.50. The van der Waals surface area contributed by atoms with Gasteiger partial charge >= 0.3 is 5.97 Å². The maximum atomic E-state index is 11.0. The van der Waals surface area contributed by atoms with E-state index in [9.17, 15) is 30.3 Å². The number of ether oxygens (including phenoxy) is 1. The maximum Gasteiger partial charge on any atom is 0.308 e. The molecule has 0 saturated carbocycles. The Morgan fingerprint density at radius 1 is 0.893 bits per heavy atom. The number of rotatable bonds is 2. The van der Waals surface area contributed by atoms with Crippen LogP contribution in [0.15, 0.2) is 40.8 Å². The first kappa shape index (κ1) is 17.3. The third-order valence-electron chi connectivity index (χ3n) is 4.34. The van der Waals surface area contributed by atoms with Crippen molar-refractivity contribution in [1.82, 2.24) is 0 Å². The van der Waals surface area contributed by atoms with Crippen LogP contribution in [-0.4, -0.2) is 31.5 Å². The van der Waals surface area contributed by atoms with Gasteiger partial charge in [-0.25, -0.2) is 0 Å². The van der Waals surface area contributed by atoms with Gasteiger partial charge < -0.3 is 34.7 Å². The fourth-order valence-corrected chi connectivity index (χ4v) is 3.11. The first-order valence-electron chi connectivity index (χ1n) is 8.11. The molecule has 3 aromatic carbocycles. The summed E-state index contributed by atoms with van der Waals surface area (Å²) in [6, 6.07) is 8.19. The van der Waals surface area contributed by atoms with Crippen LogP contribution in [0, 0.1) is 0 Å². The van der Waals surface area contributed by atoms with E-state index in [1.165, 1.54) is 31.2 Å². The zero-order chi connectivity index (χ0) is 20.2. The number of esters is 1. The van der Waals surface area contributed by atoms with Gasteiger partial charge in [-0.05, 0) is 23.8 Å². The van der Waals surface area contributed by atoms with E-state index in [0.29, 0.717) is 5.56 Å². The van der Waals surface area contributed by atoms with Gasteiger partial charge in [-0.3, -0.25) is 4.79 Å². The van der Waals surface area contributed by atoms with Gasteiger partial charge in [-0.15, -0.1) is 0 Å². The van der Waals surface area contributed by atoms with Crippen LogP contribution in [0.25, 0.3) is 33.1 Å². The largest absolute Gasteiger partial charge is 0.504 e. The fraction of sp³-hybridized carbons (Fsp3) is 0.0500. The summed E-state index contributed by atoms with van der Waals surface area (Å²) in [4.78, 5) is 11.0. The molecule has 28 heavy (non-hydrogen) atoms. The van der Waals surface area contributed by atoms with Crippen molar-refractivity contribution in [3.8, 4) is 45.6 Å². The number of fused-ring (bicyclic) bond motifs is 3. The molecule has 1 heterocycles. The number of benzene rings is 3. The van der Waals surface area contributed by atoms with Crippen molar-refractivity contribution >= 4 is 27.9 Å². The van der Waals surface area contributed by atoms with Crippen LogP contribution in [0.4, 0.5) is 0 Å². The topological polar surface area (TPSA) is 141 Å². The molecule has 0 saturated heterocycles. The van der Waals surface area contributed by atoms with E-state index in [1.54, 1.807) is 0 Å². The van der Waals surface area contributed by atoms with Crippen molar-refractivity contribution < 1.29 is 39.5 Å². The number of carbonyl (C=O) groups is 1. The summed E-state index contributed by atoms with van der Waals surface area (Å²) in [5.74, 6) is -2.70. The molecule has 142 valence electrons. The average molecular weight is 382 g/mol. The molecule has 1 aromatic heterocycles. The summed E-state index contributed by atoms with van der Waals surface area (Å²) in [6.07, 6.45) is 0. The van der Waals surface area contributed by atoms with Gasteiger partial charge in [0, 0.05) is 18.4 Å². The van der Waals surface area contributed by atoms with Crippen LogP contribution in [0.1, 0.15) is 6.92 Å². The van der Waals surface area contributed by atoms with Crippen LogP contribution in [-0.2, 0) is 4.79 Å². The molecule has 8 heteroatoms. The highest BCUT2D eigenvalue weighted by Gasteiger charge is 2.25. The normalized spacial score (nSPS) is 11.2. The summed E-state index contributed by atoms with van der Waals surface area (Å²) in [6.45, 7) is 1.26. The van der Waals surface area contributed by atoms with Crippen LogP contribution >= 0.6 is 0 Å². The molecule has 0 aliphatic rings. The van der Waals surface area contributed by atoms with Gasteiger partial charge in [0.15, 0.2) is 34.3 Å². The molecule has 0 radical (unpaired) electrons. The second-order valence-electron chi connectivity index (χ2n) is 6.18. The molecular formula is C20H14O8. The molecule has 0 atom stereocenters. The van der Waals surface area contributed by atoms with E-state index in [0.717, 1.165) is 12.1 Å². The van der Waals surface area contributed by atoms with Crippen LogP contribution in [0.3, 0.4) is 0 Å². The van der Waals surface area contributed by atoms with Crippen molar-refractivity contribution in [3.63, 3.8) is 0 Å². The van der Waals surface area contributed by atoms with Gasteiger partial charge in [-0.2, -0.15) is 0 Å². The van der Waals surface area contributed by atoms with E-state index in [2.05, 4.69) is 0 Å². The highest BCUT2D eigenvalue weighted by molar-refractivity contribution is 6.14. The molecule has 0 unspecified atom stereocenters. The van der Waals surface area contributed by atoms with Crippen molar-refractivity contribution in [2.45, 2.75) is 6.92 Å². The fourth-order valence-electron chi connectivity index (χ4n) is 3.11. The molecule has 8 nitrogen and oxygen atoms in total. The summed E-state index contributed by atoms with van der Waals surface area (Å²) < 4.78 is 10.5. The molecule has 0 fully saturated rings. The second-order valence-corrected chi connectivity index (χ2v) is 6.18. The molecule has 0 aliphatic heterocycles. The van der Waals surface area contributed by atoms with Crippen LogP contribution < -0.4 is 4.74 Å². The minimum atomic E-state index is -0.597. The van der Waals surface area contributed by atoms with Crippen molar-refractivity contribution in [2.24, 2.45) is 0 Å². The predicted octanol–water partition coefficient (Wildman–Crippen LogP) is 3.71. The summed E-state index contributed by atoms with van der Waals surface area (Å²) >= 11 is 0. The standard InChI is InChI=1S/C20H14O8/c1-8(21)27-10-4-2-9(3-5-10)15-17(24)18(25)16-11-6-12(22)13(23)7-14(11)28-20(16)19(15)26/h2-7,22-26H,1H3. The molecule has 4 aromatic rings. The second kappa shape index (κ2) is 5.98. The number of phenols is 5. The molecule has 0 aliphatic carbocycles. The number of phenolic OH excluding ortho intramolecular Hbond substituents is 5. The van der Waals surface area contributed by atoms with E-state index in [4.69, 9.17) is 9.15 Å². The number of hydrogen-bond acceptors (Lipinski definition) is 8. The van der Waals surface area contributed by atoms with E-state index >= 15 is 0 Å². The number of hydrogen-bond donors (Lipinski definition) is 5. The lowest BCUT2D eigenvalue weighted by molar-refractivity contribution is -0.131. The number of carbonyl (C=O) groups excluding carboxylic acids is 1. The third-order valence-corrected chi connectivity index (χ3v) is 4.34. The Balaban J connectivity index is 1.97. The van der Waals surface area contributed by atoms with Crippen LogP contribution in [0.2, 0.25) is 0 Å². The molecule has 0 bridgehead atoms. The molecule has 5 N–H and O–H groups in total. The Kier molecular flexibility index (Phi) is 3.71.